The standard InChI is InChI=1S/C26H20BrFN2O3S/c1-14-7-20-21(8-15(14)2)30-25(31)23(34-26(30)29-20)12-17-10-19(27)24(22(11-17)32-3)33-13-16-5-4-6-18(28)9-16/h4-12H,13H2,1-3H3/b23-12-. The fourth-order valence-corrected chi connectivity index (χ4v) is 5.38. The number of halogens is 2. The quantitative estimate of drug-likeness (QED) is 0.294. The van der Waals surface area contributed by atoms with E-state index in [4.69, 9.17) is 9.47 Å². The lowest BCUT2D eigenvalue weighted by Crippen LogP contribution is -2.22. The van der Waals surface area contributed by atoms with Crippen LogP contribution in [-0.2, 0) is 6.61 Å². The van der Waals surface area contributed by atoms with Gasteiger partial charge in [-0.3, -0.25) is 4.79 Å². The number of methoxy groups -OCH3 is 1. The molecule has 0 aliphatic carbocycles. The lowest BCUT2D eigenvalue weighted by molar-refractivity contribution is 0.282. The summed E-state index contributed by atoms with van der Waals surface area (Å²) in [6, 6.07) is 13.9. The minimum absolute atomic E-state index is 0.104. The van der Waals surface area contributed by atoms with Gasteiger partial charge < -0.3 is 9.47 Å². The number of hydrogen-bond acceptors (Lipinski definition) is 5. The second-order valence-electron chi connectivity index (χ2n) is 8.02. The second kappa shape index (κ2) is 8.85. The van der Waals surface area contributed by atoms with Crippen LogP contribution in [0.25, 0.3) is 22.1 Å². The zero-order valence-electron chi connectivity index (χ0n) is 18.7. The van der Waals surface area contributed by atoms with Crippen molar-refractivity contribution in [2.45, 2.75) is 20.5 Å². The first-order chi connectivity index (χ1) is 16.3. The van der Waals surface area contributed by atoms with Gasteiger partial charge in [-0.2, -0.15) is 0 Å². The molecule has 34 heavy (non-hydrogen) atoms. The zero-order chi connectivity index (χ0) is 24.0. The molecule has 0 aliphatic heterocycles. The van der Waals surface area contributed by atoms with Crippen LogP contribution in [0, 0.1) is 19.7 Å². The molecular weight excluding hydrogens is 519 g/mol. The molecule has 5 aromatic rings. The van der Waals surface area contributed by atoms with E-state index in [-0.39, 0.29) is 18.0 Å². The molecule has 0 saturated heterocycles. The molecule has 0 atom stereocenters. The molecule has 0 saturated carbocycles. The molecule has 5 rings (SSSR count). The van der Waals surface area contributed by atoms with E-state index in [1.165, 1.54) is 23.5 Å². The molecule has 172 valence electrons. The molecule has 0 bridgehead atoms. The van der Waals surface area contributed by atoms with Crippen molar-refractivity contribution in [1.29, 1.82) is 0 Å². The molecule has 8 heteroatoms. The third-order valence-corrected chi connectivity index (χ3v) is 7.23. The molecule has 0 N–H and O–H groups in total. The Balaban J connectivity index is 1.53. The number of rotatable bonds is 5. The van der Waals surface area contributed by atoms with Crippen molar-refractivity contribution < 1.29 is 13.9 Å². The Hall–Kier alpha value is -3.23. The average molecular weight is 539 g/mol. The Morgan fingerprint density at radius 2 is 1.94 bits per heavy atom. The highest BCUT2D eigenvalue weighted by molar-refractivity contribution is 9.10. The van der Waals surface area contributed by atoms with Gasteiger partial charge in [-0.1, -0.05) is 23.5 Å². The van der Waals surface area contributed by atoms with E-state index in [1.807, 2.05) is 38.1 Å². The van der Waals surface area contributed by atoms with Gasteiger partial charge in [-0.15, -0.1) is 0 Å². The number of aromatic nitrogens is 2. The zero-order valence-corrected chi connectivity index (χ0v) is 21.1. The molecular formula is C26H20BrFN2O3S. The van der Waals surface area contributed by atoms with Gasteiger partial charge in [0.2, 0.25) is 0 Å². The number of imidazole rings is 1. The molecule has 0 spiro atoms. The number of aryl methyl sites for hydroxylation is 2. The summed E-state index contributed by atoms with van der Waals surface area (Å²) >= 11 is 4.89. The topological polar surface area (TPSA) is 52.8 Å². The lowest BCUT2D eigenvalue weighted by Gasteiger charge is -2.13. The summed E-state index contributed by atoms with van der Waals surface area (Å²) < 4.78 is 27.8. The number of benzene rings is 3. The lowest BCUT2D eigenvalue weighted by atomic mass is 10.1. The maximum Gasteiger partial charge on any atom is 0.274 e. The first-order valence-corrected chi connectivity index (χ1v) is 12.1. The second-order valence-corrected chi connectivity index (χ2v) is 9.89. The van der Waals surface area contributed by atoms with E-state index < -0.39 is 0 Å². The summed E-state index contributed by atoms with van der Waals surface area (Å²) in [6.07, 6.45) is 1.82. The van der Waals surface area contributed by atoms with Gasteiger partial charge in [0.25, 0.3) is 5.56 Å². The van der Waals surface area contributed by atoms with Gasteiger partial charge in [0.1, 0.15) is 12.4 Å². The Bertz CT molecular complexity index is 1680. The summed E-state index contributed by atoms with van der Waals surface area (Å²) in [5.74, 6) is 0.692. The third-order valence-electron chi connectivity index (χ3n) is 5.68. The predicted octanol–water partition coefficient (Wildman–Crippen LogP) is 5.56. The van der Waals surface area contributed by atoms with E-state index in [1.54, 1.807) is 29.7 Å². The maximum absolute atomic E-state index is 13.5. The van der Waals surface area contributed by atoms with Crippen molar-refractivity contribution in [3.63, 3.8) is 0 Å². The number of nitrogens with zero attached hydrogens (tertiary/aromatic N) is 2. The summed E-state index contributed by atoms with van der Waals surface area (Å²) in [6.45, 7) is 4.25. The smallest absolute Gasteiger partial charge is 0.274 e. The summed E-state index contributed by atoms with van der Waals surface area (Å²) in [7, 11) is 1.55. The SMILES string of the molecule is COc1cc(/C=c2\sc3nc4cc(C)c(C)cc4n3c2=O)cc(Br)c1OCc1cccc(F)c1. The molecule has 0 radical (unpaired) electrons. The number of ether oxygens (including phenoxy) is 2. The fourth-order valence-electron chi connectivity index (χ4n) is 3.82. The molecule has 0 amide bonds. The largest absolute Gasteiger partial charge is 0.493 e. The highest BCUT2D eigenvalue weighted by Gasteiger charge is 2.15. The van der Waals surface area contributed by atoms with Gasteiger partial charge >= 0.3 is 0 Å². The van der Waals surface area contributed by atoms with E-state index in [9.17, 15) is 9.18 Å². The van der Waals surface area contributed by atoms with Crippen LogP contribution >= 0.6 is 27.3 Å². The van der Waals surface area contributed by atoms with Crippen LogP contribution < -0.4 is 19.6 Å². The van der Waals surface area contributed by atoms with Crippen molar-refractivity contribution in [3.05, 3.63) is 96.0 Å². The Morgan fingerprint density at radius 3 is 2.71 bits per heavy atom. The van der Waals surface area contributed by atoms with Crippen molar-refractivity contribution in [2.24, 2.45) is 0 Å². The maximum atomic E-state index is 13.5. The van der Waals surface area contributed by atoms with Gasteiger partial charge in [-0.05, 0) is 94.5 Å². The third kappa shape index (κ3) is 4.08. The minimum Gasteiger partial charge on any atom is -0.493 e. The Kier molecular flexibility index (Phi) is 5.87. The molecule has 3 aromatic carbocycles. The molecule has 0 fully saturated rings. The number of fused-ring (bicyclic) bond motifs is 3. The molecule has 0 unspecified atom stereocenters. The van der Waals surface area contributed by atoms with Crippen LogP contribution in [-0.4, -0.2) is 16.5 Å². The van der Waals surface area contributed by atoms with Gasteiger partial charge in [0.15, 0.2) is 16.5 Å². The fraction of sp³-hybridized carbons (Fsp3) is 0.154. The molecule has 5 nitrogen and oxygen atoms in total. The van der Waals surface area contributed by atoms with E-state index in [0.717, 1.165) is 27.7 Å². The van der Waals surface area contributed by atoms with Crippen LogP contribution in [0.4, 0.5) is 4.39 Å². The first-order valence-electron chi connectivity index (χ1n) is 10.5. The van der Waals surface area contributed by atoms with Crippen LogP contribution in [0.3, 0.4) is 0 Å². The summed E-state index contributed by atoms with van der Waals surface area (Å²) in [5.41, 5.74) is 5.29. The van der Waals surface area contributed by atoms with E-state index in [0.29, 0.717) is 31.0 Å². The molecule has 2 aromatic heterocycles. The summed E-state index contributed by atoms with van der Waals surface area (Å²) in [4.78, 5) is 18.5. The first kappa shape index (κ1) is 22.6. The van der Waals surface area contributed by atoms with Gasteiger partial charge in [-0.25, -0.2) is 13.8 Å². The Labute approximate surface area is 207 Å². The van der Waals surface area contributed by atoms with Crippen LogP contribution in [0.5, 0.6) is 11.5 Å². The van der Waals surface area contributed by atoms with Gasteiger partial charge in [0.05, 0.1) is 27.1 Å². The van der Waals surface area contributed by atoms with Crippen LogP contribution in [0.2, 0.25) is 0 Å². The summed E-state index contributed by atoms with van der Waals surface area (Å²) in [5, 5.41) is 0. The van der Waals surface area contributed by atoms with Crippen molar-refractivity contribution in [3.8, 4) is 11.5 Å². The number of thiazole rings is 1. The predicted molar refractivity (Wildman–Crippen MR) is 137 cm³/mol. The highest BCUT2D eigenvalue weighted by Crippen LogP contribution is 2.37. The van der Waals surface area contributed by atoms with Crippen molar-refractivity contribution in [1.82, 2.24) is 9.38 Å². The van der Waals surface area contributed by atoms with Crippen LogP contribution in [0.1, 0.15) is 22.3 Å². The van der Waals surface area contributed by atoms with Crippen LogP contribution in [0.15, 0.2) is 57.8 Å². The van der Waals surface area contributed by atoms with Gasteiger partial charge in [0, 0.05) is 0 Å². The number of hydrogen-bond donors (Lipinski definition) is 0. The monoisotopic (exact) mass is 538 g/mol. The Morgan fingerprint density at radius 1 is 1.15 bits per heavy atom. The molecule has 2 heterocycles. The molecule has 0 aliphatic rings. The minimum atomic E-state index is -0.314. The normalized spacial score (nSPS) is 12.1. The van der Waals surface area contributed by atoms with Crippen molar-refractivity contribution >= 4 is 49.3 Å². The van der Waals surface area contributed by atoms with E-state index >= 15 is 0 Å². The van der Waals surface area contributed by atoms with E-state index in [2.05, 4.69) is 20.9 Å². The average Bonchev–Trinajstić information content (AvgIpc) is 3.28. The highest BCUT2D eigenvalue weighted by atomic mass is 79.9. The van der Waals surface area contributed by atoms with Crippen molar-refractivity contribution in [2.75, 3.05) is 7.11 Å².